The van der Waals surface area contributed by atoms with E-state index in [4.69, 9.17) is 37.9 Å². The Morgan fingerprint density at radius 3 is 2.35 bits per heavy atom. The summed E-state index contributed by atoms with van der Waals surface area (Å²) in [6.07, 6.45) is -0.412. The summed E-state index contributed by atoms with van der Waals surface area (Å²) < 4.78 is 45.2. The van der Waals surface area contributed by atoms with Crippen LogP contribution in [0.25, 0.3) is 21.7 Å². The number of fused-ring (bicyclic) bond motifs is 7. The first-order valence-corrected chi connectivity index (χ1v) is 19.1. The summed E-state index contributed by atoms with van der Waals surface area (Å²) in [7, 11) is 7.33. The average molecular weight is 779 g/mol. The van der Waals surface area contributed by atoms with E-state index in [0.717, 1.165) is 47.1 Å². The van der Waals surface area contributed by atoms with Gasteiger partial charge in [-0.15, -0.1) is 0 Å². The maximum absolute atomic E-state index is 14.0. The number of hydrogen-bond acceptors (Lipinski definition) is 12. The maximum Gasteiger partial charge on any atom is 0.514 e. The fourth-order valence-corrected chi connectivity index (χ4v) is 9.33. The van der Waals surface area contributed by atoms with Crippen molar-refractivity contribution in [2.75, 3.05) is 48.6 Å². The Morgan fingerprint density at radius 2 is 1.61 bits per heavy atom. The molecule has 8 rings (SSSR count). The van der Waals surface area contributed by atoms with Gasteiger partial charge in [0.05, 0.1) is 46.0 Å². The van der Waals surface area contributed by atoms with Gasteiger partial charge in [-0.25, -0.2) is 9.59 Å². The van der Waals surface area contributed by atoms with Gasteiger partial charge in [0.1, 0.15) is 24.6 Å². The lowest BCUT2D eigenvalue weighted by Crippen LogP contribution is -2.58. The minimum absolute atomic E-state index is 0.0240. The predicted molar refractivity (Wildman–Crippen MR) is 209 cm³/mol. The summed E-state index contributed by atoms with van der Waals surface area (Å²) in [4.78, 5) is 46.7. The second-order valence-corrected chi connectivity index (χ2v) is 14.8. The monoisotopic (exact) mass is 778 g/mol. The van der Waals surface area contributed by atoms with Crippen LogP contribution in [0.3, 0.4) is 0 Å². The highest BCUT2D eigenvalue weighted by molar-refractivity contribution is 5.92. The van der Waals surface area contributed by atoms with Crippen LogP contribution in [0.2, 0.25) is 0 Å². The smallest absolute Gasteiger partial charge is 0.497 e. The van der Waals surface area contributed by atoms with Crippen LogP contribution in [0.5, 0.6) is 23.0 Å². The van der Waals surface area contributed by atoms with Crippen molar-refractivity contribution in [3.05, 3.63) is 95.2 Å². The summed E-state index contributed by atoms with van der Waals surface area (Å²) in [5.74, 6) is -0.969. The van der Waals surface area contributed by atoms with Crippen LogP contribution in [0.1, 0.15) is 46.1 Å². The molecule has 2 aliphatic heterocycles. The zero-order valence-electron chi connectivity index (χ0n) is 32.6. The number of piperidine rings is 1. The number of carbonyl (C=O) groups is 3. The summed E-state index contributed by atoms with van der Waals surface area (Å²) >= 11 is 0. The number of nitrogens with zero attached hydrogens (tertiary/aromatic N) is 1. The number of nitrogens with one attached hydrogen (secondary N) is 1. The number of benzene rings is 4. The van der Waals surface area contributed by atoms with Gasteiger partial charge in [-0.05, 0) is 77.3 Å². The number of H-pyrrole nitrogens is 1. The first kappa shape index (κ1) is 38.1. The molecular formula is C44H46N2O11. The van der Waals surface area contributed by atoms with E-state index in [0.29, 0.717) is 12.8 Å². The van der Waals surface area contributed by atoms with E-state index in [2.05, 4.69) is 16.0 Å². The third kappa shape index (κ3) is 7.10. The number of hydrogen-bond donors (Lipinski definition) is 1. The molecule has 13 nitrogen and oxygen atoms in total. The van der Waals surface area contributed by atoms with E-state index in [9.17, 15) is 14.4 Å². The topological polar surface area (TPSA) is 144 Å². The van der Waals surface area contributed by atoms with Gasteiger partial charge < -0.3 is 42.9 Å². The summed E-state index contributed by atoms with van der Waals surface area (Å²) in [5.41, 5.74) is 4.40. The van der Waals surface area contributed by atoms with Crippen LogP contribution in [0, 0.1) is 17.8 Å². The number of esters is 2. The zero-order chi connectivity index (χ0) is 39.8. The molecule has 1 aromatic heterocycles. The summed E-state index contributed by atoms with van der Waals surface area (Å²) in [5, 5.41) is 3.16. The highest BCUT2D eigenvalue weighted by atomic mass is 16.7. The van der Waals surface area contributed by atoms with Crippen molar-refractivity contribution >= 4 is 39.8 Å². The predicted octanol–water partition coefficient (Wildman–Crippen LogP) is 7.03. The van der Waals surface area contributed by atoms with Crippen LogP contribution < -0.4 is 18.9 Å². The van der Waals surface area contributed by atoms with Crippen LogP contribution in [-0.2, 0) is 36.8 Å². The van der Waals surface area contributed by atoms with E-state index in [-0.39, 0.29) is 47.3 Å². The van der Waals surface area contributed by atoms with Crippen molar-refractivity contribution in [2.24, 2.45) is 17.8 Å². The molecule has 1 saturated heterocycles. The van der Waals surface area contributed by atoms with Crippen molar-refractivity contribution in [1.82, 2.24) is 9.88 Å². The molecule has 6 atom stereocenters. The molecular weight excluding hydrogens is 732 g/mol. The Morgan fingerprint density at radius 1 is 0.842 bits per heavy atom. The van der Waals surface area contributed by atoms with Crippen LogP contribution in [-0.4, -0.2) is 88.8 Å². The summed E-state index contributed by atoms with van der Waals surface area (Å²) in [6, 6.07) is 22.6. The maximum atomic E-state index is 14.0. The third-order valence-electron chi connectivity index (χ3n) is 12.0. The number of ether oxygens (including phenoxy) is 8. The van der Waals surface area contributed by atoms with Gasteiger partial charge in [0.2, 0.25) is 5.75 Å². The largest absolute Gasteiger partial charge is 0.514 e. The number of rotatable bonds is 10. The highest BCUT2D eigenvalue weighted by Crippen LogP contribution is 2.51. The fourth-order valence-electron chi connectivity index (χ4n) is 9.33. The molecule has 1 saturated carbocycles. The Labute approximate surface area is 330 Å². The molecule has 57 heavy (non-hydrogen) atoms. The SMILES string of the molecule is COC(=O)[C@H]1[C@H]2C[C@@H]3c4[nH]c5cc(OC)ccc5c4CCN3C[C@H]2C[C@@H](OC(=O)c2cc(OC)c(OC(=O)OCc3cccc4ccccc34)c(OC)c2)[C@@H]1OC. The van der Waals surface area contributed by atoms with Gasteiger partial charge in [-0.3, -0.25) is 9.69 Å². The molecule has 5 aromatic rings. The average Bonchev–Trinajstić information content (AvgIpc) is 3.62. The highest BCUT2D eigenvalue weighted by Gasteiger charge is 2.54. The molecule has 0 amide bonds. The molecule has 1 aliphatic carbocycles. The van der Waals surface area contributed by atoms with Gasteiger partial charge in [0.25, 0.3) is 0 Å². The number of methoxy groups -OCH3 is 5. The molecule has 1 N–H and O–H groups in total. The molecule has 0 unspecified atom stereocenters. The first-order chi connectivity index (χ1) is 27.7. The van der Waals surface area contributed by atoms with Crippen LogP contribution in [0.4, 0.5) is 4.79 Å². The minimum Gasteiger partial charge on any atom is -0.497 e. The first-order valence-electron chi connectivity index (χ1n) is 19.1. The lowest BCUT2D eigenvalue weighted by Gasteiger charge is -2.52. The zero-order valence-corrected chi connectivity index (χ0v) is 32.6. The fraction of sp³-hybridized carbons (Fsp3) is 0.386. The quantitative estimate of drug-likeness (QED) is 0.0883. The Hall–Kier alpha value is -5.79. The Bertz CT molecular complexity index is 2290. The molecule has 3 aliphatic rings. The third-order valence-corrected chi connectivity index (χ3v) is 12.0. The lowest BCUT2D eigenvalue weighted by molar-refractivity contribution is -0.176. The van der Waals surface area contributed by atoms with Crippen LogP contribution in [0.15, 0.2) is 72.8 Å². The number of aromatic nitrogens is 1. The van der Waals surface area contributed by atoms with Crippen LogP contribution >= 0.6 is 0 Å². The summed E-state index contributed by atoms with van der Waals surface area (Å²) in [6.45, 7) is 1.56. The number of carbonyl (C=O) groups excluding carboxylic acids is 3. The van der Waals surface area contributed by atoms with E-state index < -0.39 is 36.2 Å². The van der Waals surface area contributed by atoms with Gasteiger partial charge in [-0.2, -0.15) is 0 Å². The van der Waals surface area contributed by atoms with Crippen molar-refractivity contribution in [1.29, 1.82) is 0 Å². The molecule has 298 valence electrons. The van der Waals surface area contributed by atoms with Gasteiger partial charge in [0, 0.05) is 42.9 Å². The van der Waals surface area contributed by atoms with Gasteiger partial charge in [0.15, 0.2) is 11.5 Å². The van der Waals surface area contributed by atoms with Crippen molar-refractivity contribution < 1.29 is 52.3 Å². The molecule has 4 aromatic carbocycles. The van der Waals surface area contributed by atoms with E-state index in [1.165, 1.54) is 57.2 Å². The Kier molecular flexibility index (Phi) is 10.7. The van der Waals surface area contributed by atoms with E-state index in [1.807, 2.05) is 54.6 Å². The van der Waals surface area contributed by atoms with E-state index in [1.54, 1.807) is 7.11 Å². The van der Waals surface area contributed by atoms with Gasteiger partial charge >= 0.3 is 18.1 Å². The van der Waals surface area contributed by atoms with Crippen molar-refractivity contribution in [3.63, 3.8) is 0 Å². The second kappa shape index (κ2) is 16.0. The minimum atomic E-state index is -0.979. The normalized spacial score (nSPS) is 22.8. The van der Waals surface area contributed by atoms with Crippen molar-refractivity contribution in [2.45, 2.75) is 44.1 Å². The molecule has 13 heteroatoms. The standard InChI is InChI=1S/C44H46N2O11/c1-50-28-13-14-30-31-15-16-46-22-27-19-37(41(53-4)38(43(48)54-5)32(27)21-34(46)39(31)45-33(30)20-28)56-42(47)26-17-35(51-2)40(36(18-26)52-3)57-44(49)55-23-25-11-8-10-24-9-6-7-12-29(24)25/h6-14,17-18,20,27,32,34,37-38,41,45H,15-16,19,21-23H2,1-5H3/t27-,32+,34-,37-,38+,41+/m1/s1. The lowest BCUT2D eigenvalue weighted by atomic mass is 9.63. The van der Waals surface area contributed by atoms with E-state index >= 15 is 0 Å². The van der Waals surface area contributed by atoms with Crippen molar-refractivity contribution in [3.8, 4) is 23.0 Å². The molecule has 0 spiro atoms. The molecule has 0 radical (unpaired) electrons. The van der Waals surface area contributed by atoms with Gasteiger partial charge in [-0.1, -0.05) is 42.5 Å². The Balaban J connectivity index is 0.999. The molecule has 3 heterocycles. The molecule has 0 bridgehead atoms. The second-order valence-electron chi connectivity index (χ2n) is 14.8. The molecule has 2 fully saturated rings. The number of aromatic amines is 1.